The molecule has 0 unspecified atom stereocenters. The third kappa shape index (κ3) is 10.1. The normalized spacial score (nSPS) is 10.5. The predicted octanol–water partition coefficient (Wildman–Crippen LogP) is 6.38. The fourth-order valence-electron chi connectivity index (χ4n) is 5.34. The number of amides is 2. The number of ether oxygens (including phenoxy) is 1. The van der Waals surface area contributed by atoms with Crippen molar-refractivity contribution in [3.05, 3.63) is 106 Å². The van der Waals surface area contributed by atoms with Gasteiger partial charge in [-0.05, 0) is 63.0 Å². The minimum atomic E-state index is -1.10. The SMILES string of the molecule is CCOC(=O)CNC(=O)CSc1ncc(Br)n1-c1ccc(C#N)c2ccccc12.N#Cc1ccc(-n2c(Br)cnc2SCC(=O)NCC(=O)O)c2ccccc12. The van der Waals surface area contributed by atoms with Crippen molar-refractivity contribution in [2.24, 2.45) is 0 Å². The Labute approximate surface area is 345 Å². The van der Waals surface area contributed by atoms with Crippen LogP contribution in [0.3, 0.4) is 0 Å². The number of nitrogens with one attached hydrogen (secondary N) is 2. The van der Waals surface area contributed by atoms with Crippen molar-refractivity contribution >= 4 is 101 Å². The summed E-state index contributed by atoms with van der Waals surface area (Å²) >= 11 is 9.43. The highest BCUT2D eigenvalue weighted by molar-refractivity contribution is 9.10. The molecule has 6 rings (SSSR count). The molecule has 4 aromatic carbocycles. The fraction of sp³-hybridized carbons (Fsp3) is 0.158. The number of fused-ring (bicyclic) bond motifs is 2. The Morgan fingerprint density at radius 2 is 1.14 bits per heavy atom. The van der Waals surface area contributed by atoms with Gasteiger partial charge in [0.15, 0.2) is 10.3 Å². The molecule has 0 spiro atoms. The lowest BCUT2D eigenvalue weighted by Crippen LogP contribution is -2.31. The van der Waals surface area contributed by atoms with Crippen LogP contribution in [0.2, 0.25) is 0 Å². The smallest absolute Gasteiger partial charge is 0.325 e. The zero-order valence-electron chi connectivity index (χ0n) is 29.4. The highest BCUT2D eigenvalue weighted by Crippen LogP contribution is 2.34. The van der Waals surface area contributed by atoms with Gasteiger partial charge in [-0.25, -0.2) is 9.97 Å². The van der Waals surface area contributed by atoms with Crippen LogP contribution in [0.25, 0.3) is 32.9 Å². The first-order valence-corrected chi connectivity index (χ1v) is 20.1. The number of aliphatic carboxylic acids is 1. The first-order chi connectivity index (χ1) is 27.1. The number of carboxylic acid groups (broad SMARTS) is 1. The molecule has 0 aliphatic heterocycles. The van der Waals surface area contributed by atoms with Crippen molar-refractivity contribution < 1.29 is 29.0 Å². The molecule has 2 aromatic heterocycles. The van der Waals surface area contributed by atoms with E-state index < -0.39 is 24.4 Å². The van der Waals surface area contributed by atoms with Crippen LogP contribution in [0.15, 0.2) is 105 Å². The number of aromatic nitrogens is 4. The van der Waals surface area contributed by atoms with Gasteiger partial charge in [-0.3, -0.25) is 28.3 Å². The van der Waals surface area contributed by atoms with Crippen LogP contribution in [0.4, 0.5) is 0 Å². The van der Waals surface area contributed by atoms with Gasteiger partial charge in [0.1, 0.15) is 22.3 Å². The summed E-state index contributed by atoms with van der Waals surface area (Å²) in [6.07, 6.45) is 3.29. The maximum Gasteiger partial charge on any atom is 0.325 e. The van der Waals surface area contributed by atoms with Gasteiger partial charge in [0, 0.05) is 21.5 Å². The molecule has 2 amide bonds. The van der Waals surface area contributed by atoms with Gasteiger partial charge in [0.05, 0.1) is 65.1 Å². The summed E-state index contributed by atoms with van der Waals surface area (Å²) in [7, 11) is 0. The van der Waals surface area contributed by atoms with E-state index in [9.17, 15) is 29.7 Å². The summed E-state index contributed by atoms with van der Waals surface area (Å²) in [5, 5.41) is 36.8. The van der Waals surface area contributed by atoms with Gasteiger partial charge in [-0.1, -0.05) is 72.1 Å². The largest absolute Gasteiger partial charge is 0.480 e. The molecular formula is C38H30Br2N8O6S2. The summed E-state index contributed by atoms with van der Waals surface area (Å²) in [6.45, 7) is 1.40. The van der Waals surface area contributed by atoms with Gasteiger partial charge in [0.2, 0.25) is 11.8 Å². The molecule has 0 aliphatic rings. The molecule has 0 saturated heterocycles. The summed E-state index contributed by atoms with van der Waals surface area (Å²) < 4.78 is 9.94. The lowest BCUT2D eigenvalue weighted by atomic mass is 10.0. The first-order valence-electron chi connectivity index (χ1n) is 16.5. The Morgan fingerprint density at radius 1 is 0.714 bits per heavy atom. The molecular weight excluding hydrogens is 888 g/mol. The number of halogens is 2. The van der Waals surface area contributed by atoms with E-state index in [1.165, 1.54) is 23.5 Å². The van der Waals surface area contributed by atoms with Crippen LogP contribution in [-0.4, -0.2) is 79.2 Å². The topological polar surface area (TPSA) is 205 Å². The van der Waals surface area contributed by atoms with Crippen molar-refractivity contribution in [1.82, 2.24) is 29.7 Å². The first kappa shape index (κ1) is 41.5. The van der Waals surface area contributed by atoms with Gasteiger partial charge < -0.3 is 20.5 Å². The minimum Gasteiger partial charge on any atom is -0.480 e. The van der Waals surface area contributed by atoms with Crippen LogP contribution >= 0.6 is 55.4 Å². The van der Waals surface area contributed by atoms with Gasteiger partial charge in [-0.15, -0.1) is 0 Å². The number of carbonyl (C=O) groups is 4. The Kier molecular flexibility index (Phi) is 14.7. The number of carbonyl (C=O) groups excluding carboxylic acids is 3. The van der Waals surface area contributed by atoms with Crippen molar-refractivity contribution in [2.75, 3.05) is 31.2 Å². The molecule has 0 radical (unpaired) electrons. The summed E-state index contributed by atoms with van der Waals surface area (Å²) in [5.41, 5.74) is 2.83. The summed E-state index contributed by atoms with van der Waals surface area (Å²) in [5.74, 6) is -2.13. The van der Waals surface area contributed by atoms with Gasteiger partial charge in [0.25, 0.3) is 0 Å². The Bertz CT molecular complexity index is 2530. The average molecular weight is 919 g/mol. The predicted molar refractivity (Wildman–Crippen MR) is 219 cm³/mol. The van der Waals surface area contributed by atoms with Crippen molar-refractivity contribution in [2.45, 2.75) is 17.2 Å². The van der Waals surface area contributed by atoms with Crippen LogP contribution in [-0.2, 0) is 23.9 Å². The molecule has 284 valence electrons. The van der Waals surface area contributed by atoms with E-state index in [4.69, 9.17) is 9.84 Å². The number of imidazole rings is 2. The van der Waals surface area contributed by atoms with Crippen molar-refractivity contribution in [3.63, 3.8) is 0 Å². The van der Waals surface area contributed by atoms with Gasteiger partial charge >= 0.3 is 11.9 Å². The molecule has 6 aromatic rings. The number of rotatable bonds is 13. The summed E-state index contributed by atoms with van der Waals surface area (Å²) in [4.78, 5) is 54.4. The molecule has 0 fully saturated rings. The van der Waals surface area contributed by atoms with E-state index in [1.54, 1.807) is 31.5 Å². The minimum absolute atomic E-state index is 0.0327. The van der Waals surface area contributed by atoms with Crippen LogP contribution in [0.1, 0.15) is 18.1 Å². The second-order valence-corrected chi connectivity index (χ2v) is 14.8. The second-order valence-electron chi connectivity index (χ2n) is 11.3. The van der Waals surface area contributed by atoms with Crippen LogP contribution < -0.4 is 10.6 Å². The van der Waals surface area contributed by atoms with E-state index >= 15 is 0 Å². The number of nitrogens with zero attached hydrogens (tertiary/aromatic N) is 6. The third-order valence-corrected chi connectivity index (χ3v) is 10.8. The molecule has 0 saturated carbocycles. The molecule has 14 nitrogen and oxygen atoms in total. The van der Waals surface area contributed by atoms with Crippen LogP contribution in [0.5, 0.6) is 0 Å². The standard InChI is InChI=1S/C20H17BrN4O3S.C18H13BrN4O3S/c1-2-28-19(27)11-23-18(26)12-29-20-24-10-17(21)25(20)16-8-7-13(9-22)14-5-3-4-6-15(14)16;19-15-8-22-18(27-10-16(24)21-9-17(25)26)23(15)14-6-5-11(7-20)12-3-1-2-4-13(12)14/h3-8,10H,2,11-12H2,1H3,(H,23,26);1-6,8H,9-10H2,(H,21,24)(H,25,26). The number of nitriles is 2. The van der Waals surface area contributed by atoms with Crippen LogP contribution in [0, 0.1) is 22.7 Å². The van der Waals surface area contributed by atoms with E-state index in [0.29, 0.717) is 26.0 Å². The molecule has 18 heteroatoms. The molecule has 3 N–H and O–H groups in total. The molecule has 0 bridgehead atoms. The zero-order valence-corrected chi connectivity index (χ0v) is 34.2. The van der Waals surface area contributed by atoms with Gasteiger partial charge in [-0.2, -0.15) is 10.5 Å². The van der Waals surface area contributed by atoms with E-state index in [1.807, 2.05) is 69.8 Å². The molecule has 0 atom stereocenters. The average Bonchev–Trinajstić information content (AvgIpc) is 3.77. The lowest BCUT2D eigenvalue weighted by Gasteiger charge is -2.13. The number of benzene rings is 4. The van der Waals surface area contributed by atoms with Crippen molar-refractivity contribution in [3.8, 4) is 23.5 Å². The number of hydrogen-bond donors (Lipinski definition) is 3. The number of carboxylic acids is 1. The number of thioether (sulfide) groups is 2. The Morgan fingerprint density at radius 3 is 1.55 bits per heavy atom. The quantitative estimate of drug-likeness (QED) is 0.0853. The molecule has 56 heavy (non-hydrogen) atoms. The van der Waals surface area contributed by atoms with E-state index in [0.717, 1.165) is 37.5 Å². The highest BCUT2D eigenvalue weighted by atomic mass is 79.9. The maximum absolute atomic E-state index is 12.1. The number of esters is 1. The Hall–Kier alpha value is -5.66. The second kappa shape index (κ2) is 19.8. The monoisotopic (exact) mass is 916 g/mol. The molecule has 2 heterocycles. The third-order valence-electron chi connectivity index (χ3n) is 7.73. The fourth-order valence-corrected chi connectivity index (χ4v) is 8.13. The van der Waals surface area contributed by atoms with E-state index in [2.05, 4.69) is 64.6 Å². The summed E-state index contributed by atoms with van der Waals surface area (Å²) in [6, 6.07) is 26.8. The Balaban J connectivity index is 0.000000215. The van der Waals surface area contributed by atoms with Crippen molar-refractivity contribution in [1.29, 1.82) is 10.5 Å². The molecule has 0 aliphatic carbocycles. The maximum atomic E-state index is 12.1. The number of hydrogen-bond acceptors (Lipinski definition) is 11. The van der Waals surface area contributed by atoms with E-state index in [-0.39, 0.29) is 30.6 Å². The zero-order chi connectivity index (χ0) is 40.2. The highest BCUT2D eigenvalue weighted by Gasteiger charge is 2.18. The lowest BCUT2D eigenvalue weighted by molar-refractivity contribution is -0.143.